The number of likely N-dealkylation sites (tertiary alicyclic amines) is 1. The van der Waals surface area contributed by atoms with Gasteiger partial charge in [-0.2, -0.15) is 0 Å². The Morgan fingerprint density at radius 1 is 1.29 bits per heavy atom. The lowest BCUT2D eigenvalue weighted by Gasteiger charge is -2.20. The van der Waals surface area contributed by atoms with Crippen molar-refractivity contribution in [2.45, 2.75) is 19.4 Å². The van der Waals surface area contributed by atoms with E-state index in [0.717, 1.165) is 42.6 Å². The summed E-state index contributed by atoms with van der Waals surface area (Å²) in [4.78, 5) is 12.9. The molecular weight excluding hydrogens is 304 g/mol. The highest BCUT2D eigenvalue weighted by atomic mass is 16.6. The maximum Gasteiger partial charge on any atom is 0.270 e. The van der Waals surface area contributed by atoms with E-state index in [1.54, 1.807) is 19.2 Å². The number of allylic oxidation sites excluding steroid dienone is 1. The fourth-order valence-corrected chi connectivity index (χ4v) is 3.07. The molecule has 1 aliphatic rings. The maximum atomic E-state index is 11.0. The second-order valence-electron chi connectivity index (χ2n) is 5.93. The first-order chi connectivity index (χ1) is 11.6. The summed E-state index contributed by atoms with van der Waals surface area (Å²) < 4.78 is 5.45. The predicted octanol–water partition coefficient (Wildman–Crippen LogP) is 4.38. The fraction of sp³-hybridized carbons (Fsp3) is 0.263. The van der Waals surface area contributed by atoms with Gasteiger partial charge in [-0.25, -0.2) is 0 Å². The quantitative estimate of drug-likeness (QED) is 0.605. The van der Waals surface area contributed by atoms with Gasteiger partial charge < -0.3 is 9.64 Å². The second-order valence-corrected chi connectivity index (χ2v) is 5.93. The lowest BCUT2D eigenvalue weighted by Crippen LogP contribution is -2.16. The average molecular weight is 324 g/mol. The van der Waals surface area contributed by atoms with Gasteiger partial charge >= 0.3 is 0 Å². The van der Waals surface area contributed by atoms with E-state index < -0.39 is 0 Å². The van der Waals surface area contributed by atoms with Crippen molar-refractivity contribution in [2.75, 3.05) is 13.7 Å². The molecule has 3 rings (SSSR count). The molecule has 1 fully saturated rings. The van der Waals surface area contributed by atoms with E-state index in [9.17, 15) is 10.1 Å². The third kappa shape index (κ3) is 3.25. The summed E-state index contributed by atoms with van der Waals surface area (Å²) in [6.07, 6.45) is 2.20. The molecule has 0 N–H and O–H groups in total. The van der Waals surface area contributed by atoms with E-state index in [0.29, 0.717) is 5.75 Å². The maximum absolute atomic E-state index is 11.0. The number of non-ortho nitro benzene ring substituents is 1. The molecule has 0 aliphatic carbocycles. The van der Waals surface area contributed by atoms with Crippen LogP contribution in [0.15, 0.2) is 54.7 Å². The zero-order valence-corrected chi connectivity index (χ0v) is 13.7. The first-order valence-electron chi connectivity index (χ1n) is 7.93. The van der Waals surface area contributed by atoms with E-state index in [4.69, 9.17) is 4.74 Å². The minimum atomic E-state index is -0.381. The summed E-state index contributed by atoms with van der Waals surface area (Å²) in [6.45, 7) is 5.92. The summed E-state index contributed by atoms with van der Waals surface area (Å²) in [5, 5.41) is 11.0. The van der Waals surface area contributed by atoms with Crippen molar-refractivity contribution in [3.8, 4) is 16.9 Å². The predicted molar refractivity (Wildman–Crippen MR) is 93.9 cm³/mol. The highest BCUT2D eigenvalue weighted by Gasteiger charge is 2.16. The standard InChI is InChI=1S/C19H20N2O3/c1-14-5-4-10-20(14)13-15-8-9-19(24-2)18(11-15)16-6-3-7-17(12-16)21(22)23/h3,6-9,11-12H,1,4-5,10,13H2,2H3. The molecule has 1 aliphatic heterocycles. The van der Waals surface area contributed by atoms with Gasteiger partial charge in [0, 0.05) is 36.5 Å². The Balaban J connectivity index is 1.96. The fourth-order valence-electron chi connectivity index (χ4n) is 3.07. The zero-order valence-electron chi connectivity index (χ0n) is 13.7. The van der Waals surface area contributed by atoms with Crippen molar-refractivity contribution >= 4 is 5.69 Å². The molecule has 5 heteroatoms. The van der Waals surface area contributed by atoms with Crippen LogP contribution in [0.2, 0.25) is 0 Å². The van der Waals surface area contributed by atoms with E-state index in [2.05, 4.69) is 11.5 Å². The molecule has 1 heterocycles. The van der Waals surface area contributed by atoms with Crippen molar-refractivity contribution in [2.24, 2.45) is 0 Å². The number of rotatable bonds is 5. The zero-order chi connectivity index (χ0) is 17.1. The van der Waals surface area contributed by atoms with Gasteiger partial charge in [0.15, 0.2) is 0 Å². The summed E-state index contributed by atoms with van der Waals surface area (Å²) >= 11 is 0. The SMILES string of the molecule is C=C1CCCN1Cc1ccc(OC)c(-c2cccc([N+](=O)[O-])c2)c1. The average Bonchev–Trinajstić information content (AvgIpc) is 3.00. The summed E-state index contributed by atoms with van der Waals surface area (Å²) in [7, 11) is 1.61. The number of ether oxygens (including phenoxy) is 1. The Morgan fingerprint density at radius 2 is 2.12 bits per heavy atom. The van der Waals surface area contributed by atoms with Crippen LogP contribution < -0.4 is 4.74 Å². The van der Waals surface area contributed by atoms with Crippen molar-refractivity contribution in [1.29, 1.82) is 0 Å². The van der Waals surface area contributed by atoms with Crippen LogP contribution in [0.1, 0.15) is 18.4 Å². The summed E-state index contributed by atoms with van der Waals surface area (Å²) in [5.41, 5.74) is 4.03. The Labute approximate surface area is 141 Å². The van der Waals surface area contributed by atoms with Gasteiger partial charge in [0.05, 0.1) is 12.0 Å². The number of hydrogen-bond acceptors (Lipinski definition) is 4. The molecule has 0 spiro atoms. The van der Waals surface area contributed by atoms with Crippen LogP contribution in [-0.2, 0) is 6.54 Å². The summed E-state index contributed by atoms with van der Waals surface area (Å²) in [5.74, 6) is 0.708. The van der Waals surface area contributed by atoms with Gasteiger partial charge in [-0.3, -0.25) is 10.1 Å². The number of nitro benzene ring substituents is 1. The first kappa shape index (κ1) is 16.1. The lowest BCUT2D eigenvalue weighted by atomic mass is 10.0. The number of nitro groups is 1. The third-order valence-electron chi connectivity index (χ3n) is 4.35. The van der Waals surface area contributed by atoms with Crippen LogP contribution in [0.5, 0.6) is 5.75 Å². The molecular formula is C19H20N2O3. The highest BCUT2D eigenvalue weighted by molar-refractivity contribution is 5.73. The molecule has 2 aromatic carbocycles. The van der Waals surface area contributed by atoms with Crippen LogP contribution in [0, 0.1) is 10.1 Å². The van der Waals surface area contributed by atoms with Gasteiger partial charge in [0.25, 0.3) is 5.69 Å². The van der Waals surface area contributed by atoms with Crippen LogP contribution in [-0.4, -0.2) is 23.5 Å². The monoisotopic (exact) mass is 324 g/mol. The topological polar surface area (TPSA) is 55.6 Å². The Kier molecular flexibility index (Phi) is 4.51. The van der Waals surface area contributed by atoms with Gasteiger partial charge in [0.2, 0.25) is 0 Å². The van der Waals surface area contributed by atoms with Gasteiger partial charge in [-0.1, -0.05) is 24.8 Å². The van der Waals surface area contributed by atoms with E-state index in [1.807, 2.05) is 24.3 Å². The van der Waals surface area contributed by atoms with Gasteiger partial charge in [-0.05, 0) is 36.1 Å². The van der Waals surface area contributed by atoms with Crippen molar-refractivity contribution < 1.29 is 9.66 Å². The molecule has 0 radical (unpaired) electrons. The number of nitrogens with zero attached hydrogens (tertiary/aromatic N) is 2. The van der Waals surface area contributed by atoms with Crippen LogP contribution in [0.4, 0.5) is 5.69 Å². The molecule has 1 saturated heterocycles. The van der Waals surface area contributed by atoms with Crippen molar-refractivity contribution in [1.82, 2.24) is 4.90 Å². The largest absolute Gasteiger partial charge is 0.496 e. The molecule has 0 saturated carbocycles. The molecule has 5 nitrogen and oxygen atoms in total. The Bertz CT molecular complexity index is 786. The van der Waals surface area contributed by atoms with Gasteiger partial charge in [0.1, 0.15) is 5.75 Å². The number of benzene rings is 2. The second kappa shape index (κ2) is 6.74. The molecule has 124 valence electrons. The molecule has 0 bridgehead atoms. The van der Waals surface area contributed by atoms with E-state index >= 15 is 0 Å². The highest BCUT2D eigenvalue weighted by Crippen LogP contribution is 2.33. The minimum Gasteiger partial charge on any atom is -0.496 e. The van der Waals surface area contributed by atoms with Crippen LogP contribution in [0.3, 0.4) is 0 Å². The molecule has 24 heavy (non-hydrogen) atoms. The number of methoxy groups -OCH3 is 1. The molecule has 2 aromatic rings. The van der Waals surface area contributed by atoms with Crippen molar-refractivity contribution in [3.63, 3.8) is 0 Å². The third-order valence-corrected chi connectivity index (χ3v) is 4.35. The Hall–Kier alpha value is -2.82. The minimum absolute atomic E-state index is 0.0767. The molecule has 0 unspecified atom stereocenters. The lowest BCUT2D eigenvalue weighted by molar-refractivity contribution is -0.384. The van der Waals surface area contributed by atoms with Crippen molar-refractivity contribution in [3.05, 3.63) is 70.4 Å². The van der Waals surface area contributed by atoms with Crippen LogP contribution in [0.25, 0.3) is 11.1 Å². The van der Waals surface area contributed by atoms with E-state index in [1.165, 1.54) is 11.8 Å². The normalized spacial score (nSPS) is 14.0. The van der Waals surface area contributed by atoms with Gasteiger partial charge in [-0.15, -0.1) is 0 Å². The molecule has 0 atom stereocenters. The first-order valence-corrected chi connectivity index (χ1v) is 7.93. The van der Waals surface area contributed by atoms with Crippen LogP contribution >= 0.6 is 0 Å². The molecule has 0 aromatic heterocycles. The number of hydrogen-bond donors (Lipinski definition) is 0. The summed E-state index contributed by atoms with van der Waals surface area (Å²) in [6, 6.07) is 12.6. The van der Waals surface area contributed by atoms with E-state index in [-0.39, 0.29) is 10.6 Å². The smallest absolute Gasteiger partial charge is 0.270 e. The Morgan fingerprint density at radius 3 is 2.79 bits per heavy atom. The molecule has 0 amide bonds.